The number of nitrogens with two attached hydrogens (primary N) is 1. The Labute approximate surface area is 119 Å². The predicted molar refractivity (Wildman–Crippen MR) is 80.2 cm³/mol. The molecule has 0 unspecified atom stereocenters. The van der Waals surface area contributed by atoms with Crippen LogP contribution in [0.2, 0.25) is 0 Å². The van der Waals surface area contributed by atoms with E-state index in [0.29, 0.717) is 24.3 Å². The number of nitrogens with zero attached hydrogens (tertiary/aromatic N) is 2. The Morgan fingerprint density at radius 2 is 1.90 bits per heavy atom. The number of aryl methyl sites for hydroxylation is 1. The number of carbonyl (C=O) groups excluding carboxylic acids is 1. The summed E-state index contributed by atoms with van der Waals surface area (Å²) in [5.41, 5.74) is 8.80. The highest BCUT2D eigenvalue weighted by molar-refractivity contribution is 5.94. The number of anilines is 1. The summed E-state index contributed by atoms with van der Waals surface area (Å²) in [6.45, 7) is 5.06. The second-order valence-electron chi connectivity index (χ2n) is 4.71. The Bertz CT molecular complexity index is 593. The third-order valence-electron chi connectivity index (χ3n) is 3.13. The van der Waals surface area contributed by atoms with Crippen LogP contribution in [0.4, 0.5) is 5.69 Å². The van der Waals surface area contributed by atoms with Crippen LogP contribution in [-0.4, -0.2) is 22.3 Å². The highest BCUT2D eigenvalue weighted by Gasteiger charge is 2.14. The van der Waals surface area contributed by atoms with Crippen LogP contribution in [0.5, 0.6) is 0 Å². The van der Waals surface area contributed by atoms with Crippen molar-refractivity contribution in [3.63, 3.8) is 0 Å². The summed E-state index contributed by atoms with van der Waals surface area (Å²) in [7, 11) is 0. The molecule has 2 N–H and O–H groups in total. The minimum absolute atomic E-state index is 0.00388. The minimum Gasteiger partial charge on any atom is -0.399 e. The fraction of sp³-hybridized carbons (Fsp3) is 0.250. The van der Waals surface area contributed by atoms with Gasteiger partial charge in [0, 0.05) is 23.5 Å². The first-order chi connectivity index (χ1) is 9.60. The molecule has 4 nitrogen and oxygen atoms in total. The van der Waals surface area contributed by atoms with E-state index >= 15 is 0 Å². The van der Waals surface area contributed by atoms with Crippen LogP contribution in [0.15, 0.2) is 42.5 Å². The third kappa shape index (κ3) is 3.35. The summed E-state index contributed by atoms with van der Waals surface area (Å²) in [6.07, 6.45) is 0. The van der Waals surface area contributed by atoms with Gasteiger partial charge in [-0.2, -0.15) is 0 Å². The number of rotatable bonds is 4. The quantitative estimate of drug-likeness (QED) is 0.868. The molecular formula is C16H19N3O. The summed E-state index contributed by atoms with van der Waals surface area (Å²) >= 11 is 0. The van der Waals surface area contributed by atoms with Gasteiger partial charge in [0.1, 0.15) is 0 Å². The fourth-order valence-electron chi connectivity index (χ4n) is 2.02. The van der Waals surface area contributed by atoms with Crippen molar-refractivity contribution in [3.8, 4) is 0 Å². The highest BCUT2D eigenvalue weighted by Crippen LogP contribution is 2.11. The Hall–Kier alpha value is -2.36. The molecular weight excluding hydrogens is 250 g/mol. The molecule has 0 fully saturated rings. The van der Waals surface area contributed by atoms with E-state index in [9.17, 15) is 4.79 Å². The maximum Gasteiger partial charge on any atom is 0.254 e. The lowest BCUT2D eigenvalue weighted by atomic mass is 10.1. The zero-order valence-electron chi connectivity index (χ0n) is 11.8. The van der Waals surface area contributed by atoms with Crippen molar-refractivity contribution in [2.24, 2.45) is 0 Å². The lowest BCUT2D eigenvalue weighted by Crippen LogP contribution is -2.30. The van der Waals surface area contributed by atoms with E-state index in [1.807, 2.05) is 32.0 Å². The van der Waals surface area contributed by atoms with Gasteiger partial charge < -0.3 is 10.6 Å². The summed E-state index contributed by atoms with van der Waals surface area (Å²) in [4.78, 5) is 18.6. The predicted octanol–water partition coefficient (Wildman–Crippen LogP) is 2.63. The van der Waals surface area contributed by atoms with Gasteiger partial charge in [-0.3, -0.25) is 9.78 Å². The second kappa shape index (κ2) is 6.19. The Kier molecular flexibility index (Phi) is 4.35. The molecule has 0 radical (unpaired) electrons. The van der Waals surface area contributed by atoms with E-state index in [0.717, 1.165) is 11.4 Å². The molecule has 1 aromatic heterocycles. The number of carbonyl (C=O) groups is 1. The summed E-state index contributed by atoms with van der Waals surface area (Å²) < 4.78 is 0. The monoisotopic (exact) mass is 269 g/mol. The number of amides is 1. The number of aromatic nitrogens is 1. The molecule has 0 aliphatic carbocycles. The zero-order chi connectivity index (χ0) is 14.5. The molecule has 0 saturated heterocycles. The van der Waals surface area contributed by atoms with Crippen molar-refractivity contribution in [3.05, 3.63) is 59.4 Å². The van der Waals surface area contributed by atoms with Crippen LogP contribution in [-0.2, 0) is 6.54 Å². The van der Waals surface area contributed by atoms with E-state index < -0.39 is 0 Å². The lowest BCUT2D eigenvalue weighted by Gasteiger charge is -2.20. The van der Waals surface area contributed by atoms with Crippen molar-refractivity contribution in [1.82, 2.24) is 9.88 Å². The number of pyridine rings is 1. The fourth-order valence-corrected chi connectivity index (χ4v) is 2.02. The molecule has 1 amide bonds. The van der Waals surface area contributed by atoms with Crippen molar-refractivity contribution < 1.29 is 4.79 Å². The van der Waals surface area contributed by atoms with Crippen LogP contribution in [0.3, 0.4) is 0 Å². The van der Waals surface area contributed by atoms with Gasteiger partial charge in [0.25, 0.3) is 5.91 Å². The first-order valence-corrected chi connectivity index (χ1v) is 6.67. The van der Waals surface area contributed by atoms with Crippen LogP contribution < -0.4 is 5.73 Å². The van der Waals surface area contributed by atoms with Crippen molar-refractivity contribution in [2.75, 3.05) is 12.3 Å². The number of hydrogen-bond donors (Lipinski definition) is 1. The maximum absolute atomic E-state index is 12.4. The van der Waals surface area contributed by atoms with Crippen LogP contribution in [0.1, 0.15) is 28.7 Å². The molecule has 2 rings (SSSR count). The smallest absolute Gasteiger partial charge is 0.254 e. The number of benzene rings is 1. The first kappa shape index (κ1) is 14.1. The molecule has 104 valence electrons. The number of nitrogen functional groups attached to an aromatic ring is 1. The molecule has 0 spiro atoms. The van der Waals surface area contributed by atoms with Crippen LogP contribution >= 0.6 is 0 Å². The standard InChI is InChI=1S/C16H19N3O/c1-3-19(11-15-6-4-5-12(2)18-15)16(20)13-7-9-14(17)10-8-13/h4-10H,3,11,17H2,1-2H3. The largest absolute Gasteiger partial charge is 0.399 e. The van der Waals surface area contributed by atoms with Gasteiger partial charge in [0.2, 0.25) is 0 Å². The minimum atomic E-state index is -0.00388. The molecule has 4 heteroatoms. The SMILES string of the molecule is CCN(Cc1cccc(C)n1)C(=O)c1ccc(N)cc1. The molecule has 2 aromatic rings. The van der Waals surface area contributed by atoms with Gasteiger partial charge in [0.15, 0.2) is 0 Å². The maximum atomic E-state index is 12.4. The zero-order valence-corrected chi connectivity index (χ0v) is 11.8. The Morgan fingerprint density at radius 3 is 2.50 bits per heavy atom. The number of hydrogen-bond acceptors (Lipinski definition) is 3. The van der Waals surface area contributed by atoms with E-state index in [-0.39, 0.29) is 5.91 Å². The molecule has 1 heterocycles. The van der Waals surface area contributed by atoms with Crippen LogP contribution in [0.25, 0.3) is 0 Å². The van der Waals surface area contributed by atoms with E-state index in [4.69, 9.17) is 5.73 Å². The lowest BCUT2D eigenvalue weighted by molar-refractivity contribution is 0.0750. The van der Waals surface area contributed by atoms with E-state index in [1.54, 1.807) is 29.2 Å². The molecule has 1 aromatic carbocycles. The normalized spacial score (nSPS) is 10.3. The van der Waals surface area contributed by atoms with E-state index in [1.165, 1.54) is 0 Å². The van der Waals surface area contributed by atoms with Crippen molar-refractivity contribution >= 4 is 11.6 Å². The Balaban J connectivity index is 2.15. The van der Waals surface area contributed by atoms with Crippen molar-refractivity contribution in [2.45, 2.75) is 20.4 Å². The van der Waals surface area contributed by atoms with Gasteiger partial charge in [-0.15, -0.1) is 0 Å². The molecule has 0 bridgehead atoms. The van der Waals surface area contributed by atoms with E-state index in [2.05, 4.69) is 4.98 Å². The third-order valence-corrected chi connectivity index (χ3v) is 3.13. The second-order valence-corrected chi connectivity index (χ2v) is 4.71. The highest BCUT2D eigenvalue weighted by atomic mass is 16.2. The van der Waals surface area contributed by atoms with Gasteiger partial charge in [-0.05, 0) is 50.2 Å². The van der Waals surface area contributed by atoms with Gasteiger partial charge in [0.05, 0.1) is 12.2 Å². The average Bonchev–Trinajstić information content (AvgIpc) is 2.45. The summed E-state index contributed by atoms with van der Waals surface area (Å²) in [6, 6.07) is 12.8. The summed E-state index contributed by atoms with van der Waals surface area (Å²) in [5, 5.41) is 0. The van der Waals surface area contributed by atoms with Crippen molar-refractivity contribution in [1.29, 1.82) is 0 Å². The molecule has 0 saturated carbocycles. The first-order valence-electron chi connectivity index (χ1n) is 6.67. The molecule has 0 atom stereocenters. The van der Waals surface area contributed by atoms with Gasteiger partial charge in [-0.1, -0.05) is 6.07 Å². The average molecular weight is 269 g/mol. The van der Waals surface area contributed by atoms with Gasteiger partial charge in [-0.25, -0.2) is 0 Å². The van der Waals surface area contributed by atoms with Crippen LogP contribution in [0, 0.1) is 6.92 Å². The Morgan fingerprint density at radius 1 is 1.20 bits per heavy atom. The molecule has 0 aliphatic heterocycles. The topological polar surface area (TPSA) is 59.2 Å². The summed E-state index contributed by atoms with van der Waals surface area (Å²) in [5.74, 6) is -0.00388. The van der Waals surface area contributed by atoms with Gasteiger partial charge >= 0.3 is 0 Å². The molecule has 0 aliphatic rings. The molecule has 20 heavy (non-hydrogen) atoms.